The molecule has 104 valence electrons. The highest BCUT2D eigenvalue weighted by Gasteiger charge is 2.13. The lowest BCUT2D eigenvalue weighted by molar-refractivity contribution is -0.384. The number of rotatable bonds is 6. The maximum absolute atomic E-state index is 10.8. The van der Waals surface area contributed by atoms with Crippen molar-refractivity contribution < 1.29 is 4.92 Å². The first kappa shape index (κ1) is 14.1. The van der Waals surface area contributed by atoms with E-state index in [0.29, 0.717) is 6.54 Å². The SMILES string of the molecule is CCC(NCc1cccnn1)c1cccc([N+](=O)[O-])c1. The number of nitro groups is 1. The standard InChI is InChI=1S/C14H16N4O2/c1-2-14(15-10-12-6-4-8-16-17-12)11-5-3-7-13(9-11)18(19)20/h3-9,14-15H,2,10H2,1H3. The summed E-state index contributed by atoms with van der Waals surface area (Å²) in [6.45, 7) is 2.61. The molecule has 6 nitrogen and oxygen atoms in total. The summed E-state index contributed by atoms with van der Waals surface area (Å²) in [4.78, 5) is 10.4. The smallest absolute Gasteiger partial charge is 0.269 e. The topological polar surface area (TPSA) is 81.0 Å². The molecule has 1 heterocycles. The zero-order valence-electron chi connectivity index (χ0n) is 11.2. The van der Waals surface area contributed by atoms with E-state index in [4.69, 9.17) is 0 Å². The Morgan fingerprint density at radius 3 is 2.85 bits per heavy atom. The number of nitrogens with zero attached hydrogens (tertiary/aromatic N) is 3. The third-order valence-electron chi connectivity index (χ3n) is 3.05. The Morgan fingerprint density at radius 1 is 1.35 bits per heavy atom. The third kappa shape index (κ3) is 3.58. The van der Waals surface area contributed by atoms with Crippen molar-refractivity contribution in [2.75, 3.05) is 0 Å². The van der Waals surface area contributed by atoms with Crippen LogP contribution in [-0.4, -0.2) is 15.1 Å². The Labute approximate surface area is 117 Å². The molecular weight excluding hydrogens is 256 g/mol. The number of benzene rings is 1. The largest absolute Gasteiger partial charge is 0.304 e. The van der Waals surface area contributed by atoms with Gasteiger partial charge in [-0.15, -0.1) is 0 Å². The molecule has 2 aromatic rings. The van der Waals surface area contributed by atoms with Crippen LogP contribution in [0.1, 0.15) is 30.6 Å². The van der Waals surface area contributed by atoms with E-state index in [1.165, 1.54) is 6.07 Å². The van der Waals surface area contributed by atoms with E-state index in [1.807, 2.05) is 25.1 Å². The number of nitrogens with one attached hydrogen (secondary N) is 1. The summed E-state index contributed by atoms with van der Waals surface area (Å²) in [6, 6.07) is 10.5. The van der Waals surface area contributed by atoms with E-state index < -0.39 is 0 Å². The van der Waals surface area contributed by atoms with Gasteiger partial charge < -0.3 is 5.32 Å². The Bertz CT molecular complexity index is 574. The van der Waals surface area contributed by atoms with Crippen molar-refractivity contribution in [2.24, 2.45) is 0 Å². The molecule has 0 radical (unpaired) electrons. The van der Waals surface area contributed by atoms with Gasteiger partial charge in [-0.25, -0.2) is 0 Å². The van der Waals surface area contributed by atoms with Crippen LogP contribution in [0.5, 0.6) is 0 Å². The van der Waals surface area contributed by atoms with Crippen molar-refractivity contribution in [3.8, 4) is 0 Å². The summed E-state index contributed by atoms with van der Waals surface area (Å²) in [5, 5.41) is 22.0. The zero-order valence-corrected chi connectivity index (χ0v) is 11.2. The minimum absolute atomic E-state index is 0.0527. The van der Waals surface area contributed by atoms with Crippen molar-refractivity contribution >= 4 is 5.69 Å². The average molecular weight is 272 g/mol. The van der Waals surface area contributed by atoms with Crippen LogP contribution in [0.15, 0.2) is 42.6 Å². The maximum atomic E-state index is 10.8. The maximum Gasteiger partial charge on any atom is 0.269 e. The summed E-state index contributed by atoms with van der Waals surface area (Å²) >= 11 is 0. The predicted octanol–water partition coefficient (Wildman–Crippen LogP) is 2.63. The second-order valence-electron chi connectivity index (χ2n) is 4.41. The molecule has 20 heavy (non-hydrogen) atoms. The molecule has 0 fully saturated rings. The number of aromatic nitrogens is 2. The van der Waals surface area contributed by atoms with Gasteiger partial charge in [0.2, 0.25) is 0 Å². The lowest BCUT2D eigenvalue weighted by Crippen LogP contribution is -2.21. The van der Waals surface area contributed by atoms with Crippen molar-refractivity contribution in [1.82, 2.24) is 15.5 Å². The summed E-state index contributed by atoms with van der Waals surface area (Å²) in [5.74, 6) is 0. The van der Waals surface area contributed by atoms with Gasteiger partial charge in [-0.05, 0) is 24.1 Å². The fourth-order valence-electron chi connectivity index (χ4n) is 2.01. The van der Waals surface area contributed by atoms with Crippen molar-refractivity contribution in [2.45, 2.75) is 25.9 Å². The van der Waals surface area contributed by atoms with Crippen LogP contribution >= 0.6 is 0 Å². The van der Waals surface area contributed by atoms with Gasteiger partial charge in [-0.1, -0.05) is 19.1 Å². The second-order valence-corrected chi connectivity index (χ2v) is 4.41. The molecule has 6 heteroatoms. The second kappa shape index (κ2) is 6.72. The van der Waals surface area contributed by atoms with Crippen molar-refractivity contribution in [3.63, 3.8) is 0 Å². The molecule has 0 aliphatic heterocycles. The summed E-state index contributed by atoms with van der Waals surface area (Å²) < 4.78 is 0. The van der Waals surface area contributed by atoms with E-state index >= 15 is 0 Å². The van der Waals surface area contributed by atoms with Gasteiger partial charge in [0.15, 0.2) is 0 Å². The molecule has 1 atom stereocenters. The van der Waals surface area contributed by atoms with Crippen LogP contribution in [-0.2, 0) is 6.54 Å². The van der Waals surface area contributed by atoms with Crippen LogP contribution < -0.4 is 5.32 Å². The summed E-state index contributed by atoms with van der Waals surface area (Å²) in [7, 11) is 0. The highest BCUT2D eigenvalue weighted by Crippen LogP contribution is 2.21. The molecule has 1 N–H and O–H groups in total. The first-order valence-electron chi connectivity index (χ1n) is 6.45. The normalized spacial score (nSPS) is 12.1. The van der Waals surface area contributed by atoms with Crippen LogP contribution in [0.4, 0.5) is 5.69 Å². The van der Waals surface area contributed by atoms with Gasteiger partial charge in [-0.2, -0.15) is 10.2 Å². The molecule has 0 saturated heterocycles. The highest BCUT2D eigenvalue weighted by molar-refractivity contribution is 5.35. The van der Waals surface area contributed by atoms with E-state index in [1.54, 1.807) is 18.3 Å². The number of nitro benzene ring substituents is 1. The van der Waals surface area contributed by atoms with E-state index in [-0.39, 0.29) is 16.7 Å². The molecule has 1 aromatic carbocycles. The lowest BCUT2D eigenvalue weighted by atomic mass is 10.0. The first-order valence-corrected chi connectivity index (χ1v) is 6.45. The van der Waals surface area contributed by atoms with Crippen LogP contribution in [0, 0.1) is 10.1 Å². The Morgan fingerprint density at radius 2 is 2.20 bits per heavy atom. The van der Waals surface area contributed by atoms with Gasteiger partial charge in [-0.3, -0.25) is 10.1 Å². The Hall–Kier alpha value is -2.34. The Balaban J connectivity index is 2.08. The molecule has 0 aliphatic rings. The highest BCUT2D eigenvalue weighted by atomic mass is 16.6. The van der Waals surface area contributed by atoms with Crippen molar-refractivity contribution in [1.29, 1.82) is 0 Å². The van der Waals surface area contributed by atoms with Crippen molar-refractivity contribution in [3.05, 3.63) is 64.0 Å². The van der Waals surface area contributed by atoms with Crippen LogP contribution in [0.2, 0.25) is 0 Å². The first-order chi connectivity index (χ1) is 9.70. The van der Waals surface area contributed by atoms with Crippen LogP contribution in [0.3, 0.4) is 0 Å². The fourth-order valence-corrected chi connectivity index (χ4v) is 2.01. The Kier molecular flexibility index (Phi) is 4.73. The predicted molar refractivity (Wildman–Crippen MR) is 75.0 cm³/mol. The molecule has 0 bridgehead atoms. The number of hydrogen-bond acceptors (Lipinski definition) is 5. The molecule has 1 aromatic heterocycles. The fraction of sp³-hybridized carbons (Fsp3) is 0.286. The molecule has 0 amide bonds. The molecular formula is C14H16N4O2. The van der Waals surface area contributed by atoms with E-state index in [9.17, 15) is 10.1 Å². The zero-order chi connectivity index (χ0) is 14.4. The summed E-state index contributed by atoms with van der Waals surface area (Å²) in [6.07, 6.45) is 2.46. The van der Waals surface area contributed by atoms with Gasteiger partial charge in [0.05, 0.1) is 10.6 Å². The van der Waals surface area contributed by atoms with E-state index in [0.717, 1.165) is 17.7 Å². The molecule has 0 aliphatic carbocycles. The monoisotopic (exact) mass is 272 g/mol. The van der Waals surface area contributed by atoms with Gasteiger partial charge in [0, 0.05) is 30.9 Å². The van der Waals surface area contributed by atoms with Gasteiger partial charge in [0.25, 0.3) is 5.69 Å². The molecule has 2 rings (SSSR count). The number of hydrogen-bond donors (Lipinski definition) is 1. The molecule has 1 unspecified atom stereocenters. The molecule has 0 saturated carbocycles. The van der Waals surface area contributed by atoms with E-state index in [2.05, 4.69) is 15.5 Å². The summed E-state index contributed by atoms with van der Waals surface area (Å²) in [5.41, 5.74) is 1.87. The average Bonchev–Trinajstić information content (AvgIpc) is 2.49. The quantitative estimate of drug-likeness (QED) is 0.645. The third-order valence-corrected chi connectivity index (χ3v) is 3.05. The number of non-ortho nitro benzene ring substituents is 1. The minimum Gasteiger partial charge on any atom is -0.304 e. The van der Waals surface area contributed by atoms with Gasteiger partial charge in [0.1, 0.15) is 0 Å². The lowest BCUT2D eigenvalue weighted by Gasteiger charge is -2.16. The molecule has 0 spiro atoms. The van der Waals surface area contributed by atoms with Crippen LogP contribution in [0.25, 0.3) is 0 Å². The van der Waals surface area contributed by atoms with Gasteiger partial charge >= 0.3 is 0 Å². The minimum atomic E-state index is -0.376.